The zero-order valence-corrected chi connectivity index (χ0v) is 12.9. The molecule has 0 aliphatic heterocycles. The van der Waals surface area contributed by atoms with Crippen molar-refractivity contribution in [2.24, 2.45) is 0 Å². The highest BCUT2D eigenvalue weighted by molar-refractivity contribution is 5.95. The summed E-state index contributed by atoms with van der Waals surface area (Å²) in [5.74, 6) is -0.413. The highest BCUT2D eigenvalue weighted by Gasteiger charge is 2.26. The second kappa shape index (κ2) is 7.17. The Morgan fingerprint density at radius 2 is 1.48 bits per heavy atom. The fraction of sp³-hybridized carbons (Fsp3) is 0.533. The predicted molar refractivity (Wildman–Crippen MR) is 83.3 cm³/mol. The third kappa shape index (κ3) is 4.02. The van der Waals surface area contributed by atoms with Crippen LogP contribution in [0.5, 0.6) is 0 Å². The van der Waals surface area contributed by atoms with Gasteiger partial charge in [0.05, 0.1) is 21.5 Å². The number of amides is 1. The van der Waals surface area contributed by atoms with E-state index in [0.29, 0.717) is 0 Å². The summed E-state index contributed by atoms with van der Waals surface area (Å²) in [6.07, 6.45) is 6.13. The molecule has 0 bridgehead atoms. The lowest BCUT2D eigenvalue weighted by atomic mass is 10.1. The van der Waals surface area contributed by atoms with E-state index in [0.717, 1.165) is 56.7 Å². The Morgan fingerprint density at radius 3 is 1.91 bits per heavy atom. The molecule has 1 aromatic carbocycles. The standard InChI is InChI=1S/C15H19N3O5/c1-16(12-6-4-2-3-5-7-12)15(19)11-8-13(17(20)21)10-14(9-11)18(22)23/h8-10,12H,2-7H2,1H3. The average Bonchev–Trinajstić information content (AvgIpc) is 2.82. The Hall–Kier alpha value is -2.51. The summed E-state index contributed by atoms with van der Waals surface area (Å²) in [5, 5.41) is 21.9. The van der Waals surface area contributed by atoms with Gasteiger partial charge < -0.3 is 4.90 Å². The fourth-order valence-electron chi connectivity index (χ4n) is 2.94. The van der Waals surface area contributed by atoms with Crippen LogP contribution >= 0.6 is 0 Å². The molecule has 1 fully saturated rings. The van der Waals surface area contributed by atoms with Gasteiger partial charge in [0, 0.05) is 25.2 Å². The number of hydrogen-bond donors (Lipinski definition) is 0. The van der Waals surface area contributed by atoms with E-state index >= 15 is 0 Å². The van der Waals surface area contributed by atoms with Gasteiger partial charge in [0.15, 0.2) is 0 Å². The zero-order valence-electron chi connectivity index (χ0n) is 12.9. The summed E-state index contributed by atoms with van der Waals surface area (Å²) >= 11 is 0. The molecule has 0 aromatic heterocycles. The maximum atomic E-state index is 12.6. The Bertz CT molecular complexity index is 591. The summed E-state index contributed by atoms with van der Waals surface area (Å²) in [6.45, 7) is 0. The van der Waals surface area contributed by atoms with Crippen molar-refractivity contribution in [3.8, 4) is 0 Å². The van der Waals surface area contributed by atoms with Crippen LogP contribution in [0.4, 0.5) is 11.4 Å². The number of hydrogen-bond acceptors (Lipinski definition) is 5. The van der Waals surface area contributed by atoms with Gasteiger partial charge in [0.25, 0.3) is 17.3 Å². The third-order valence-corrected chi connectivity index (χ3v) is 4.26. The van der Waals surface area contributed by atoms with Crippen molar-refractivity contribution in [3.63, 3.8) is 0 Å². The second-order valence-corrected chi connectivity index (χ2v) is 5.81. The average molecular weight is 321 g/mol. The number of nitro benzene ring substituents is 2. The van der Waals surface area contributed by atoms with Gasteiger partial charge in [-0.05, 0) is 12.8 Å². The number of non-ortho nitro benzene ring substituents is 2. The summed E-state index contributed by atoms with van der Waals surface area (Å²) in [5.41, 5.74) is -0.911. The lowest BCUT2D eigenvalue weighted by molar-refractivity contribution is -0.394. The van der Waals surface area contributed by atoms with Crippen LogP contribution < -0.4 is 0 Å². The van der Waals surface area contributed by atoms with Gasteiger partial charge in [-0.15, -0.1) is 0 Å². The van der Waals surface area contributed by atoms with E-state index in [1.165, 1.54) is 0 Å². The number of carbonyl (C=O) groups excluding carboxylic acids is 1. The predicted octanol–water partition coefficient (Wildman–Crippen LogP) is 3.30. The van der Waals surface area contributed by atoms with Crippen molar-refractivity contribution in [1.29, 1.82) is 0 Å². The number of rotatable bonds is 4. The van der Waals surface area contributed by atoms with Gasteiger partial charge in [-0.1, -0.05) is 25.7 Å². The lowest BCUT2D eigenvalue weighted by Gasteiger charge is -2.27. The van der Waals surface area contributed by atoms with Gasteiger partial charge in [0.1, 0.15) is 0 Å². The van der Waals surface area contributed by atoms with Crippen molar-refractivity contribution in [1.82, 2.24) is 4.90 Å². The van der Waals surface area contributed by atoms with Crippen molar-refractivity contribution in [2.75, 3.05) is 7.05 Å². The first-order chi connectivity index (χ1) is 10.9. The number of carbonyl (C=O) groups is 1. The van der Waals surface area contributed by atoms with E-state index in [9.17, 15) is 25.0 Å². The Labute approximate surface area is 133 Å². The van der Waals surface area contributed by atoms with Crippen molar-refractivity contribution >= 4 is 17.3 Å². The van der Waals surface area contributed by atoms with Crippen LogP contribution in [0.25, 0.3) is 0 Å². The molecule has 8 heteroatoms. The normalized spacial score (nSPS) is 15.7. The van der Waals surface area contributed by atoms with E-state index in [1.807, 2.05) is 0 Å². The molecular weight excluding hydrogens is 302 g/mol. The molecular formula is C15H19N3O5. The number of nitro groups is 2. The Balaban J connectivity index is 2.29. The molecule has 0 unspecified atom stereocenters. The third-order valence-electron chi connectivity index (χ3n) is 4.26. The summed E-state index contributed by atoms with van der Waals surface area (Å²) in [4.78, 5) is 34.5. The lowest BCUT2D eigenvalue weighted by Crippen LogP contribution is -2.36. The molecule has 0 saturated heterocycles. The van der Waals surface area contributed by atoms with Crippen LogP contribution in [0.1, 0.15) is 48.9 Å². The molecule has 8 nitrogen and oxygen atoms in total. The summed E-state index contributed by atoms with van der Waals surface area (Å²) in [6, 6.07) is 3.14. The van der Waals surface area contributed by atoms with Crippen LogP contribution in [0.15, 0.2) is 18.2 Å². The van der Waals surface area contributed by atoms with Crippen LogP contribution in [0.3, 0.4) is 0 Å². The maximum absolute atomic E-state index is 12.6. The van der Waals surface area contributed by atoms with Crippen LogP contribution in [0, 0.1) is 20.2 Å². The molecule has 0 radical (unpaired) electrons. The van der Waals surface area contributed by atoms with E-state index in [4.69, 9.17) is 0 Å². The first-order valence-corrected chi connectivity index (χ1v) is 7.61. The van der Waals surface area contributed by atoms with E-state index < -0.39 is 27.1 Å². The maximum Gasteiger partial charge on any atom is 0.277 e. The molecule has 1 saturated carbocycles. The molecule has 23 heavy (non-hydrogen) atoms. The Kier molecular flexibility index (Phi) is 5.25. The molecule has 0 N–H and O–H groups in total. The van der Waals surface area contributed by atoms with E-state index in [2.05, 4.69) is 0 Å². The fourth-order valence-corrected chi connectivity index (χ4v) is 2.94. The quantitative estimate of drug-likeness (QED) is 0.480. The van der Waals surface area contributed by atoms with Crippen molar-refractivity contribution in [3.05, 3.63) is 44.0 Å². The zero-order chi connectivity index (χ0) is 17.0. The van der Waals surface area contributed by atoms with Gasteiger partial charge in [0.2, 0.25) is 0 Å². The van der Waals surface area contributed by atoms with E-state index in [-0.39, 0.29) is 11.6 Å². The molecule has 1 aromatic rings. The topological polar surface area (TPSA) is 107 Å². The first kappa shape index (κ1) is 16.9. The van der Waals surface area contributed by atoms with Crippen LogP contribution in [-0.2, 0) is 0 Å². The van der Waals surface area contributed by atoms with Gasteiger partial charge in [-0.3, -0.25) is 25.0 Å². The largest absolute Gasteiger partial charge is 0.339 e. The number of nitrogens with zero attached hydrogens (tertiary/aromatic N) is 3. The van der Waals surface area contributed by atoms with Crippen molar-refractivity contribution < 1.29 is 14.6 Å². The minimum atomic E-state index is -0.727. The highest BCUT2D eigenvalue weighted by Crippen LogP contribution is 2.26. The molecule has 1 amide bonds. The number of benzene rings is 1. The van der Waals surface area contributed by atoms with E-state index in [1.54, 1.807) is 11.9 Å². The summed E-state index contributed by atoms with van der Waals surface area (Å²) < 4.78 is 0. The first-order valence-electron chi connectivity index (χ1n) is 7.61. The molecule has 0 heterocycles. The highest BCUT2D eigenvalue weighted by atomic mass is 16.6. The van der Waals surface area contributed by atoms with Gasteiger partial charge in [-0.2, -0.15) is 0 Å². The molecule has 2 rings (SSSR count). The molecule has 0 atom stereocenters. The smallest absolute Gasteiger partial charge is 0.277 e. The SMILES string of the molecule is CN(C(=O)c1cc([N+](=O)[O-])cc([N+](=O)[O-])c1)C1CCCCCC1. The van der Waals surface area contributed by atoms with Crippen molar-refractivity contribution in [2.45, 2.75) is 44.6 Å². The van der Waals surface area contributed by atoms with Gasteiger partial charge >= 0.3 is 0 Å². The minimum Gasteiger partial charge on any atom is -0.339 e. The molecule has 1 aliphatic rings. The minimum absolute atomic E-state index is 0.0161. The van der Waals surface area contributed by atoms with Gasteiger partial charge in [-0.25, -0.2) is 0 Å². The summed E-state index contributed by atoms with van der Waals surface area (Å²) in [7, 11) is 1.66. The second-order valence-electron chi connectivity index (χ2n) is 5.81. The monoisotopic (exact) mass is 321 g/mol. The molecule has 0 spiro atoms. The van der Waals surface area contributed by atoms with Crippen LogP contribution in [0.2, 0.25) is 0 Å². The molecule has 124 valence electrons. The molecule has 1 aliphatic carbocycles. The Morgan fingerprint density at radius 1 is 1.00 bits per heavy atom. The van der Waals surface area contributed by atoms with Crippen LogP contribution in [-0.4, -0.2) is 33.7 Å².